The van der Waals surface area contributed by atoms with Crippen molar-refractivity contribution in [3.05, 3.63) is 29.3 Å². The number of likely N-dealkylation sites (tertiary alicyclic amines) is 2. The van der Waals surface area contributed by atoms with Crippen LogP contribution in [0, 0.1) is 18.8 Å². The fourth-order valence-electron chi connectivity index (χ4n) is 4.30. The molecule has 2 fully saturated rings. The van der Waals surface area contributed by atoms with Gasteiger partial charge < -0.3 is 15.1 Å². The number of nitrogens with zero attached hydrogens (tertiary/aromatic N) is 2. The topological polar surface area (TPSA) is 69.7 Å². The quantitative estimate of drug-likeness (QED) is 0.824. The van der Waals surface area contributed by atoms with Crippen molar-refractivity contribution in [2.24, 2.45) is 11.8 Å². The molecule has 3 amide bonds. The largest absolute Gasteiger partial charge is 0.342 e. The highest BCUT2D eigenvalue weighted by atomic mass is 16.2. The van der Waals surface area contributed by atoms with Crippen molar-refractivity contribution in [2.75, 3.05) is 25.0 Å². The SMILES string of the molecule is Cc1cc(C(=O)N2CCCCC2C)ccc1NC(=O)C1CC(=O)N(CC(C)C)C1. The monoisotopic (exact) mass is 399 g/mol. The van der Waals surface area contributed by atoms with Crippen LogP contribution < -0.4 is 5.32 Å². The molecule has 6 heteroatoms. The van der Waals surface area contributed by atoms with Crippen LogP contribution in [0.5, 0.6) is 0 Å². The lowest BCUT2D eigenvalue weighted by Gasteiger charge is -2.33. The van der Waals surface area contributed by atoms with E-state index in [1.165, 1.54) is 6.42 Å². The van der Waals surface area contributed by atoms with Crippen molar-refractivity contribution in [1.29, 1.82) is 0 Å². The first kappa shape index (κ1) is 21.3. The lowest BCUT2D eigenvalue weighted by molar-refractivity contribution is -0.128. The zero-order chi connectivity index (χ0) is 21.1. The number of carbonyl (C=O) groups excluding carboxylic acids is 3. The summed E-state index contributed by atoms with van der Waals surface area (Å²) in [5.41, 5.74) is 2.22. The van der Waals surface area contributed by atoms with Crippen molar-refractivity contribution in [3.63, 3.8) is 0 Å². The van der Waals surface area contributed by atoms with Gasteiger partial charge in [0.05, 0.1) is 5.92 Å². The molecule has 0 saturated carbocycles. The highest BCUT2D eigenvalue weighted by Gasteiger charge is 2.34. The first-order chi connectivity index (χ1) is 13.8. The van der Waals surface area contributed by atoms with Gasteiger partial charge in [-0.25, -0.2) is 0 Å². The molecule has 1 N–H and O–H groups in total. The van der Waals surface area contributed by atoms with Crippen molar-refractivity contribution in [1.82, 2.24) is 9.80 Å². The number of rotatable bonds is 5. The second-order valence-electron chi connectivity index (χ2n) is 8.96. The lowest BCUT2D eigenvalue weighted by atomic mass is 10.0. The molecular formula is C23H33N3O3. The first-order valence-electron chi connectivity index (χ1n) is 10.8. The molecule has 0 aliphatic carbocycles. The predicted molar refractivity (Wildman–Crippen MR) is 114 cm³/mol. The Morgan fingerprint density at radius 1 is 1.24 bits per heavy atom. The zero-order valence-electron chi connectivity index (χ0n) is 18.0. The van der Waals surface area contributed by atoms with Crippen LogP contribution in [0.2, 0.25) is 0 Å². The van der Waals surface area contributed by atoms with Gasteiger partial charge in [0, 0.05) is 43.3 Å². The number of nitrogens with one attached hydrogen (secondary N) is 1. The molecular weight excluding hydrogens is 366 g/mol. The van der Waals surface area contributed by atoms with E-state index in [0.29, 0.717) is 30.3 Å². The Kier molecular flexibility index (Phi) is 6.60. The minimum Gasteiger partial charge on any atom is -0.342 e. The fraction of sp³-hybridized carbons (Fsp3) is 0.609. The molecule has 2 aliphatic heterocycles. The lowest BCUT2D eigenvalue weighted by Crippen LogP contribution is -2.42. The number of aryl methyl sites for hydroxylation is 1. The molecule has 2 saturated heterocycles. The number of amides is 3. The molecule has 6 nitrogen and oxygen atoms in total. The zero-order valence-corrected chi connectivity index (χ0v) is 18.0. The standard InChI is InChI=1S/C23H33N3O3/c1-15(2)13-25-14-19(12-21(25)27)22(28)24-20-9-8-18(11-16(20)3)23(29)26-10-6-5-7-17(26)4/h8-9,11,15,17,19H,5-7,10,12-14H2,1-4H3,(H,24,28). The fourth-order valence-corrected chi connectivity index (χ4v) is 4.30. The molecule has 0 aromatic heterocycles. The molecule has 29 heavy (non-hydrogen) atoms. The third-order valence-electron chi connectivity index (χ3n) is 5.97. The number of piperidine rings is 1. The van der Waals surface area contributed by atoms with Crippen molar-refractivity contribution < 1.29 is 14.4 Å². The molecule has 3 rings (SSSR count). The van der Waals surface area contributed by atoms with Gasteiger partial charge in [-0.3, -0.25) is 14.4 Å². The summed E-state index contributed by atoms with van der Waals surface area (Å²) in [7, 11) is 0. The Labute approximate surface area is 173 Å². The van der Waals surface area contributed by atoms with E-state index in [9.17, 15) is 14.4 Å². The minimum atomic E-state index is -0.323. The molecule has 158 valence electrons. The van der Waals surface area contributed by atoms with Crippen LogP contribution in [0.4, 0.5) is 5.69 Å². The van der Waals surface area contributed by atoms with E-state index < -0.39 is 0 Å². The average molecular weight is 400 g/mol. The van der Waals surface area contributed by atoms with Gasteiger partial charge in [0.1, 0.15) is 0 Å². The van der Waals surface area contributed by atoms with Crippen LogP contribution in [0.15, 0.2) is 18.2 Å². The molecule has 1 aromatic carbocycles. The molecule has 0 radical (unpaired) electrons. The van der Waals surface area contributed by atoms with Crippen LogP contribution in [-0.4, -0.2) is 53.2 Å². The molecule has 2 aliphatic rings. The van der Waals surface area contributed by atoms with Crippen molar-refractivity contribution in [3.8, 4) is 0 Å². The van der Waals surface area contributed by atoms with E-state index in [0.717, 1.165) is 24.9 Å². The highest BCUT2D eigenvalue weighted by Crippen LogP contribution is 2.25. The molecule has 2 heterocycles. The minimum absolute atomic E-state index is 0.0483. The summed E-state index contributed by atoms with van der Waals surface area (Å²) in [6.45, 7) is 10.1. The van der Waals surface area contributed by atoms with E-state index in [1.807, 2.05) is 17.9 Å². The van der Waals surface area contributed by atoms with Gasteiger partial charge in [-0.2, -0.15) is 0 Å². The second-order valence-corrected chi connectivity index (χ2v) is 8.96. The maximum Gasteiger partial charge on any atom is 0.254 e. The third-order valence-corrected chi connectivity index (χ3v) is 5.97. The van der Waals surface area contributed by atoms with Gasteiger partial charge in [-0.05, 0) is 62.8 Å². The Morgan fingerprint density at radius 3 is 2.66 bits per heavy atom. The van der Waals surface area contributed by atoms with E-state index >= 15 is 0 Å². The van der Waals surface area contributed by atoms with Crippen LogP contribution in [0.1, 0.15) is 62.4 Å². The molecule has 2 unspecified atom stereocenters. The molecule has 0 bridgehead atoms. The maximum absolute atomic E-state index is 12.9. The first-order valence-corrected chi connectivity index (χ1v) is 10.8. The Hall–Kier alpha value is -2.37. The van der Waals surface area contributed by atoms with E-state index in [-0.39, 0.29) is 36.1 Å². The van der Waals surface area contributed by atoms with Gasteiger partial charge in [0.2, 0.25) is 11.8 Å². The smallest absolute Gasteiger partial charge is 0.254 e. The summed E-state index contributed by atoms with van der Waals surface area (Å²) >= 11 is 0. The van der Waals surface area contributed by atoms with Crippen LogP contribution >= 0.6 is 0 Å². The molecule has 2 atom stereocenters. The summed E-state index contributed by atoms with van der Waals surface area (Å²) in [6, 6.07) is 5.71. The summed E-state index contributed by atoms with van der Waals surface area (Å²) in [6.07, 6.45) is 3.54. The Morgan fingerprint density at radius 2 is 2.00 bits per heavy atom. The third kappa shape index (κ3) is 4.98. The van der Waals surface area contributed by atoms with Gasteiger partial charge in [-0.15, -0.1) is 0 Å². The Balaban J connectivity index is 1.64. The highest BCUT2D eigenvalue weighted by molar-refractivity contribution is 5.99. The molecule has 1 aromatic rings. The summed E-state index contributed by atoms with van der Waals surface area (Å²) < 4.78 is 0. The van der Waals surface area contributed by atoms with E-state index in [2.05, 4.69) is 26.1 Å². The summed E-state index contributed by atoms with van der Waals surface area (Å²) in [4.78, 5) is 41.4. The van der Waals surface area contributed by atoms with Crippen LogP contribution in [-0.2, 0) is 9.59 Å². The van der Waals surface area contributed by atoms with Crippen LogP contribution in [0.3, 0.4) is 0 Å². The summed E-state index contributed by atoms with van der Waals surface area (Å²) in [5.74, 6) is 0.0411. The second kappa shape index (κ2) is 8.97. The number of carbonyl (C=O) groups is 3. The van der Waals surface area contributed by atoms with Gasteiger partial charge in [0.25, 0.3) is 5.91 Å². The Bertz CT molecular complexity index is 790. The van der Waals surface area contributed by atoms with E-state index in [1.54, 1.807) is 17.0 Å². The maximum atomic E-state index is 12.9. The predicted octanol–water partition coefficient (Wildman–Crippen LogP) is 3.45. The number of hydrogen-bond donors (Lipinski definition) is 1. The van der Waals surface area contributed by atoms with Crippen molar-refractivity contribution >= 4 is 23.4 Å². The number of hydrogen-bond acceptors (Lipinski definition) is 3. The van der Waals surface area contributed by atoms with Crippen LogP contribution in [0.25, 0.3) is 0 Å². The van der Waals surface area contributed by atoms with Gasteiger partial charge in [-0.1, -0.05) is 13.8 Å². The normalized spacial score (nSPS) is 22.3. The number of benzene rings is 1. The van der Waals surface area contributed by atoms with Gasteiger partial charge in [0.15, 0.2) is 0 Å². The van der Waals surface area contributed by atoms with E-state index in [4.69, 9.17) is 0 Å². The van der Waals surface area contributed by atoms with Gasteiger partial charge >= 0.3 is 0 Å². The average Bonchev–Trinajstić information content (AvgIpc) is 3.03. The van der Waals surface area contributed by atoms with Crippen molar-refractivity contribution in [2.45, 2.75) is 59.4 Å². The molecule has 0 spiro atoms. The number of anilines is 1. The summed E-state index contributed by atoms with van der Waals surface area (Å²) in [5, 5.41) is 2.96.